The fourth-order valence-electron chi connectivity index (χ4n) is 3.57. The highest BCUT2D eigenvalue weighted by Crippen LogP contribution is 2.20. The standard InChI is InChI=1S/C22H25N7O3/c23-22-25-19(14-20-26-21(27-29(20)22)18-5-2-9-32-18)24-15-16-3-1-4-17(13-16)31-12-8-28-6-10-30-11-7-28/h1-5,9,13-14,24H,6-8,10-12,15H2,(H2,23,25). The van der Waals surface area contributed by atoms with Gasteiger partial charge in [0.1, 0.15) is 18.2 Å². The van der Waals surface area contributed by atoms with Gasteiger partial charge in [-0.1, -0.05) is 12.1 Å². The molecule has 4 heterocycles. The number of benzene rings is 1. The number of nitrogens with zero attached hydrogens (tertiary/aromatic N) is 5. The van der Waals surface area contributed by atoms with Crippen LogP contribution in [0.4, 0.5) is 11.8 Å². The molecule has 5 rings (SSSR count). The van der Waals surface area contributed by atoms with Crippen molar-refractivity contribution >= 4 is 17.4 Å². The number of furan rings is 1. The summed E-state index contributed by atoms with van der Waals surface area (Å²) in [5.41, 5.74) is 7.75. The van der Waals surface area contributed by atoms with Crippen LogP contribution >= 0.6 is 0 Å². The summed E-state index contributed by atoms with van der Waals surface area (Å²) < 4.78 is 18.2. The fraction of sp³-hybridized carbons (Fsp3) is 0.318. The van der Waals surface area contributed by atoms with Gasteiger partial charge in [-0.25, -0.2) is 4.98 Å². The Hall–Kier alpha value is -3.63. The number of hydrogen-bond donors (Lipinski definition) is 2. The normalized spacial score (nSPS) is 14.6. The van der Waals surface area contributed by atoms with Gasteiger partial charge in [-0.05, 0) is 29.8 Å². The molecular weight excluding hydrogens is 410 g/mol. The molecule has 1 aliphatic rings. The lowest BCUT2D eigenvalue weighted by Crippen LogP contribution is -2.38. The van der Waals surface area contributed by atoms with Gasteiger partial charge < -0.3 is 24.9 Å². The van der Waals surface area contributed by atoms with Gasteiger partial charge >= 0.3 is 0 Å². The van der Waals surface area contributed by atoms with Crippen LogP contribution in [0.2, 0.25) is 0 Å². The van der Waals surface area contributed by atoms with Crippen LogP contribution in [0.15, 0.2) is 53.1 Å². The Morgan fingerprint density at radius 1 is 1.09 bits per heavy atom. The zero-order chi connectivity index (χ0) is 21.8. The number of nitrogens with two attached hydrogens (primary N) is 1. The zero-order valence-electron chi connectivity index (χ0n) is 17.6. The summed E-state index contributed by atoms with van der Waals surface area (Å²) >= 11 is 0. The van der Waals surface area contributed by atoms with E-state index in [0.29, 0.717) is 36.2 Å². The summed E-state index contributed by atoms with van der Waals surface area (Å²) in [6.07, 6.45) is 1.58. The molecule has 4 aromatic rings. The summed E-state index contributed by atoms with van der Waals surface area (Å²) in [5, 5.41) is 7.66. The van der Waals surface area contributed by atoms with Crippen LogP contribution in [0.1, 0.15) is 5.56 Å². The van der Waals surface area contributed by atoms with Crippen molar-refractivity contribution in [1.82, 2.24) is 24.5 Å². The largest absolute Gasteiger partial charge is 0.492 e. The maximum atomic E-state index is 6.08. The minimum absolute atomic E-state index is 0.246. The first-order valence-corrected chi connectivity index (χ1v) is 10.6. The monoisotopic (exact) mass is 435 g/mol. The van der Waals surface area contributed by atoms with Gasteiger partial charge in [0, 0.05) is 32.2 Å². The Balaban J connectivity index is 1.21. The number of rotatable bonds is 8. The number of ether oxygens (including phenoxy) is 2. The Morgan fingerprint density at radius 3 is 2.84 bits per heavy atom. The molecular formula is C22H25N7O3. The molecule has 32 heavy (non-hydrogen) atoms. The van der Waals surface area contributed by atoms with Crippen LogP contribution < -0.4 is 15.8 Å². The topological polar surface area (TPSA) is 116 Å². The van der Waals surface area contributed by atoms with E-state index in [2.05, 4.69) is 25.3 Å². The lowest BCUT2D eigenvalue weighted by atomic mass is 10.2. The van der Waals surface area contributed by atoms with Gasteiger partial charge in [0.25, 0.3) is 0 Å². The lowest BCUT2D eigenvalue weighted by molar-refractivity contribution is 0.0322. The van der Waals surface area contributed by atoms with Crippen molar-refractivity contribution in [2.45, 2.75) is 6.54 Å². The maximum Gasteiger partial charge on any atom is 0.225 e. The van der Waals surface area contributed by atoms with E-state index in [4.69, 9.17) is 19.6 Å². The van der Waals surface area contributed by atoms with Gasteiger partial charge in [-0.2, -0.15) is 9.50 Å². The quantitative estimate of drug-likeness (QED) is 0.430. The summed E-state index contributed by atoms with van der Waals surface area (Å²) in [7, 11) is 0. The van der Waals surface area contributed by atoms with E-state index >= 15 is 0 Å². The molecule has 1 fully saturated rings. The third kappa shape index (κ3) is 4.66. The molecule has 0 aliphatic carbocycles. The highest BCUT2D eigenvalue weighted by Gasteiger charge is 2.13. The SMILES string of the molecule is Nc1nc(NCc2cccc(OCCN3CCOCC3)c2)cc2nc(-c3ccco3)nn12. The molecule has 10 heteroatoms. The first-order valence-electron chi connectivity index (χ1n) is 10.6. The second-order valence-electron chi connectivity index (χ2n) is 7.49. The average Bonchev–Trinajstić information content (AvgIpc) is 3.49. The van der Waals surface area contributed by atoms with Crippen molar-refractivity contribution < 1.29 is 13.9 Å². The Morgan fingerprint density at radius 2 is 2.00 bits per heavy atom. The van der Waals surface area contributed by atoms with E-state index < -0.39 is 0 Å². The van der Waals surface area contributed by atoms with Gasteiger partial charge in [-0.15, -0.1) is 5.10 Å². The molecule has 10 nitrogen and oxygen atoms in total. The molecule has 1 saturated heterocycles. The van der Waals surface area contributed by atoms with E-state index in [1.807, 2.05) is 24.3 Å². The van der Waals surface area contributed by atoms with Crippen LogP contribution in [0.5, 0.6) is 5.75 Å². The number of aromatic nitrogens is 4. The van der Waals surface area contributed by atoms with Gasteiger partial charge in [-0.3, -0.25) is 4.90 Å². The fourth-order valence-corrected chi connectivity index (χ4v) is 3.57. The predicted molar refractivity (Wildman–Crippen MR) is 119 cm³/mol. The summed E-state index contributed by atoms with van der Waals surface area (Å²) in [6.45, 7) is 5.63. The molecule has 0 bridgehead atoms. The van der Waals surface area contributed by atoms with Crippen molar-refractivity contribution in [3.05, 3.63) is 54.3 Å². The Bertz CT molecular complexity index is 1170. The number of nitrogens with one attached hydrogen (secondary N) is 1. The molecule has 0 radical (unpaired) electrons. The second-order valence-corrected chi connectivity index (χ2v) is 7.49. The predicted octanol–water partition coefficient (Wildman–Crippen LogP) is 2.29. The van der Waals surface area contributed by atoms with Gasteiger partial charge in [0.15, 0.2) is 11.4 Å². The van der Waals surface area contributed by atoms with Gasteiger partial charge in [0.2, 0.25) is 11.8 Å². The number of nitrogen functional groups attached to an aromatic ring is 1. The molecule has 0 spiro atoms. The molecule has 1 aromatic carbocycles. The third-order valence-electron chi connectivity index (χ3n) is 5.24. The summed E-state index contributed by atoms with van der Waals surface area (Å²) in [6, 6.07) is 13.4. The van der Waals surface area contributed by atoms with Crippen molar-refractivity contribution in [2.24, 2.45) is 0 Å². The van der Waals surface area contributed by atoms with E-state index in [1.165, 1.54) is 4.52 Å². The van der Waals surface area contributed by atoms with E-state index in [-0.39, 0.29) is 5.95 Å². The smallest absolute Gasteiger partial charge is 0.225 e. The van der Waals surface area contributed by atoms with E-state index in [1.54, 1.807) is 24.5 Å². The summed E-state index contributed by atoms with van der Waals surface area (Å²) in [4.78, 5) is 11.2. The molecule has 0 atom stereocenters. The number of morpholine rings is 1. The Labute approximate surface area is 185 Å². The van der Waals surface area contributed by atoms with Crippen molar-refractivity contribution in [1.29, 1.82) is 0 Å². The minimum atomic E-state index is 0.246. The maximum absolute atomic E-state index is 6.08. The van der Waals surface area contributed by atoms with Gasteiger partial charge in [0.05, 0.1) is 19.5 Å². The average molecular weight is 435 g/mol. The van der Waals surface area contributed by atoms with E-state index in [0.717, 1.165) is 44.2 Å². The lowest BCUT2D eigenvalue weighted by Gasteiger charge is -2.26. The number of anilines is 2. The van der Waals surface area contributed by atoms with Crippen molar-refractivity contribution in [3.8, 4) is 17.3 Å². The number of fused-ring (bicyclic) bond motifs is 1. The van der Waals surface area contributed by atoms with Crippen LogP contribution in [0, 0.1) is 0 Å². The highest BCUT2D eigenvalue weighted by molar-refractivity contribution is 5.58. The molecule has 3 N–H and O–H groups in total. The first-order chi connectivity index (χ1) is 15.7. The Kier molecular flexibility index (Phi) is 5.86. The summed E-state index contributed by atoms with van der Waals surface area (Å²) in [5.74, 6) is 2.75. The van der Waals surface area contributed by atoms with E-state index in [9.17, 15) is 0 Å². The molecule has 0 saturated carbocycles. The van der Waals surface area contributed by atoms with Crippen LogP contribution in [-0.2, 0) is 11.3 Å². The molecule has 166 valence electrons. The van der Waals surface area contributed by atoms with Crippen LogP contribution in [0.25, 0.3) is 17.2 Å². The second kappa shape index (κ2) is 9.25. The highest BCUT2D eigenvalue weighted by atomic mass is 16.5. The molecule has 0 amide bonds. The third-order valence-corrected chi connectivity index (χ3v) is 5.24. The number of hydrogen-bond acceptors (Lipinski definition) is 9. The first kappa shape index (κ1) is 20.3. The van der Waals surface area contributed by atoms with Crippen LogP contribution in [0.3, 0.4) is 0 Å². The molecule has 1 aliphatic heterocycles. The van der Waals surface area contributed by atoms with Crippen molar-refractivity contribution in [2.75, 3.05) is 50.5 Å². The molecule has 3 aromatic heterocycles. The van der Waals surface area contributed by atoms with Crippen molar-refractivity contribution in [3.63, 3.8) is 0 Å². The molecule has 0 unspecified atom stereocenters. The zero-order valence-corrected chi connectivity index (χ0v) is 17.6. The minimum Gasteiger partial charge on any atom is -0.492 e. The van der Waals surface area contributed by atoms with Crippen LogP contribution in [-0.4, -0.2) is 63.9 Å².